The Labute approximate surface area is 115 Å². The second-order valence-corrected chi connectivity index (χ2v) is 5.75. The Morgan fingerprint density at radius 3 is 2.68 bits per heavy atom. The average molecular weight is 263 g/mol. The van der Waals surface area contributed by atoms with Gasteiger partial charge in [-0.05, 0) is 19.0 Å². The van der Waals surface area contributed by atoms with Crippen LogP contribution in [0, 0.1) is 0 Å². The zero-order chi connectivity index (χ0) is 13.2. The molecule has 0 aromatic carbocycles. The molecule has 0 saturated carbocycles. The van der Waals surface area contributed by atoms with Crippen molar-refractivity contribution in [2.45, 2.75) is 25.4 Å². The van der Waals surface area contributed by atoms with Gasteiger partial charge in [-0.25, -0.2) is 0 Å². The SMILES string of the molecule is CCCNC(c1ccn(C)n1)C1CN2CCN1CC2. The number of piperazine rings is 3. The molecular weight excluding hydrogens is 238 g/mol. The topological polar surface area (TPSA) is 36.3 Å². The van der Waals surface area contributed by atoms with Crippen LogP contribution in [0.1, 0.15) is 25.1 Å². The number of fused-ring (bicyclic) bond motifs is 3. The highest BCUT2D eigenvalue weighted by Gasteiger charge is 2.37. The normalized spacial score (nSPS) is 31.6. The van der Waals surface area contributed by atoms with Gasteiger partial charge in [0.05, 0.1) is 11.7 Å². The van der Waals surface area contributed by atoms with Crippen molar-refractivity contribution < 1.29 is 0 Å². The van der Waals surface area contributed by atoms with Gasteiger partial charge in [0.2, 0.25) is 0 Å². The molecule has 2 unspecified atom stereocenters. The van der Waals surface area contributed by atoms with Crippen LogP contribution in [0.4, 0.5) is 0 Å². The van der Waals surface area contributed by atoms with Crippen molar-refractivity contribution in [2.75, 3.05) is 39.3 Å². The molecule has 3 aliphatic rings. The van der Waals surface area contributed by atoms with Crippen LogP contribution in [0.15, 0.2) is 12.3 Å². The Kier molecular flexibility index (Phi) is 3.86. The number of nitrogens with zero attached hydrogens (tertiary/aromatic N) is 4. The molecule has 5 heteroatoms. The minimum absolute atomic E-state index is 0.365. The molecule has 0 amide bonds. The maximum atomic E-state index is 4.63. The summed E-state index contributed by atoms with van der Waals surface area (Å²) in [6.07, 6.45) is 3.21. The van der Waals surface area contributed by atoms with Crippen LogP contribution in [-0.4, -0.2) is 64.9 Å². The van der Waals surface area contributed by atoms with E-state index in [0.29, 0.717) is 12.1 Å². The Hall–Kier alpha value is -0.910. The predicted molar refractivity (Wildman–Crippen MR) is 76.0 cm³/mol. The summed E-state index contributed by atoms with van der Waals surface area (Å²) in [5, 5.41) is 8.34. The molecule has 3 fully saturated rings. The van der Waals surface area contributed by atoms with E-state index in [2.05, 4.69) is 33.2 Å². The monoisotopic (exact) mass is 263 g/mol. The number of rotatable bonds is 5. The van der Waals surface area contributed by atoms with Gasteiger partial charge < -0.3 is 5.32 Å². The molecule has 2 bridgehead atoms. The standard InChI is InChI=1S/C14H25N5/c1-3-5-15-14(12-4-6-17(2)16-12)13-11-18-7-9-19(13)10-8-18/h4,6,13-15H,3,5,7-11H2,1-2H3. The van der Waals surface area contributed by atoms with E-state index in [4.69, 9.17) is 0 Å². The third-order valence-corrected chi connectivity index (χ3v) is 4.37. The van der Waals surface area contributed by atoms with E-state index in [0.717, 1.165) is 6.54 Å². The molecule has 4 heterocycles. The van der Waals surface area contributed by atoms with Crippen LogP contribution in [0.2, 0.25) is 0 Å². The fourth-order valence-corrected chi connectivity index (χ4v) is 3.31. The van der Waals surface area contributed by atoms with Crippen LogP contribution in [-0.2, 0) is 7.05 Å². The highest BCUT2D eigenvalue weighted by molar-refractivity contribution is 5.11. The highest BCUT2D eigenvalue weighted by atomic mass is 15.4. The van der Waals surface area contributed by atoms with E-state index < -0.39 is 0 Å². The van der Waals surface area contributed by atoms with Crippen molar-refractivity contribution in [3.8, 4) is 0 Å². The van der Waals surface area contributed by atoms with Crippen molar-refractivity contribution in [1.29, 1.82) is 0 Å². The minimum Gasteiger partial charge on any atom is -0.307 e. The first-order valence-electron chi connectivity index (χ1n) is 7.47. The molecule has 1 aromatic rings. The Morgan fingerprint density at radius 1 is 1.37 bits per heavy atom. The lowest BCUT2D eigenvalue weighted by Crippen LogP contribution is -2.64. The Bertz CT molecular complexity index is 408. The molecule has 5 nitrogen and oxygen atoms in total. The van der Waals surface area contributed by atoms with Crippen molar-refractivity contribution >= 4 is 0 Å². The lowest BCUT2D eigenvalue weighted by molar-refractivity contribution is -0.00434. The van der Waals surface area contributed by atoms with Gasteiger partial charge in [-0.1, -0.05) is 6.92 Å². The van der Waals surface area contributed by atoms with E-state index >= 15 is 0 Å². The van der Waals surface area contributed by atoms with Gasteiger partial charge in [-0.2, -0.15) is 5.10 Å². The van der Waals surface area contributed by atoms with E-state index in [9.17, 15) is 0 Å². The molecule has 0 spiro atoms. The van der Waals surface area contributed by atoms with Gasteiger partial charge >= 0.3 is 0 Å². The van der Waals surface area contributed by atoms with Gasteiger partial charge in [0.1, 0.15) is 0 Å². The maximum absolute atomic E-state index is 4.63. The Morgan fingerprint density at radius 2 is 2.16 bits per heavy atom. The van der Waals surface area contributed by atoms with Crippen molar-refractivity contribution in [2.24, 2.45) is 7.05 Å². The zero-order valence-electron chi connectivity index (χ0n) is 12.0. The summed E-state index contributed by atoms with van der Waals surface area (Å²) >= 11 is 0. The van der Waals surface area contributed by atoms with Crippen molar-refractivity contribution in [3.63, 3.8) is 0 Å². The summed E-state index contributed by atoms with van der Waals surface area (Å²) in [4.78, 5) is 5.23. The predicted octanol–water partition coefficient (Wildman–Crippen LogP) is 0.461. The van der Waals surface area contributed by atoms with Crippen LogP contribution >= 0.6 is 0 Å². The molecule has 0 aliphatic carbocycles. The summed E-state index contributed by atoms with van der Waals surface area (Å²) in [5.74, 6) is 0. The second kappa shape index (κ2) is 5.61. The first-order valence-corrected chi connectivity index (χ1v) is 7.47. The van der Waals surface area contributed by atoms with Gasteiger partial charge in [-0.3, -0.25) is 14.5 Å². The summed E-state index contributed by atoms with van der Waals surface area (Å²) in [6.45, 7) is 9.35. The molecule has 19 heavy (non-hydrogen) atoms. The summed E-state index contributed by atoms with van der Waals surface area (Å²) in [6, 6.07) is 3.10. The summed E-state index contributed by atoms with van der Waals surface area (Å²) in [7, 11) is 2.00. The van der Waals surface area contributed by atoms with Crippen molar-refractivity contribution in [1.82, 2.24) is 24.9 Å². The van der Waals surface area contributed by atoms with E-state index in [-0.39, 0.29) is 0 Å². The van der Waals surface area contributed by atoms with Crippen LogP contribution in [0.25, 0.3) is 0 Å². The smallest absolute Gasteiger partial charge is 0.0810 e. The van der Waals surface area contributed by atoms with E-state index in [1.165, 1.54) is 44.8 Å². The molecular formula is C14H25N5. The fourth-order valence-electron chi connectivity index (χ4n) is 3.31. The lowest BCUT2D eigenvalue weighted by Gasteiger charge is -2.50. The summed E-state index contributed by atoms with van der Waals surface area (Å²) < 4.78 is 1.91. The number of nitrogens with one attached hydrogen (secondary N) is 1. The number of aryl methyl sites for hydroxylation is 1. The summed E-state index contributed by atoms with van der Waals surface area (Å²) in [5.41, 5.74) is 1.19. The zero-order valence-corrected chi connectivity index (χ0v) is 12.0. The molecule has 3 saturated heterocycles. The number of hydrogen-bond acceptors (Lipinski definition) is 4. The molecule has 0 radical (unpaired) electrons. The minimum atomic E-state index is 0.365. The Balaban J connectivity index is 1.78. The van der Waals surface area contributed by atoms with E-state index in [1.54, 1.807) is 0 Å². The molecule has 106 valence electrons. The quantitative estimate of drug-likeness (QED) is 0.837. The van der Waals surface area contributed by atoms with Gasteiger partial charge in [-0.15, -0.1) is 0 Å². The third-order valence-electron chi connectivity index (χ3n) is 4.37. The molecule has 1 N–H and O–H groups in total. The fraction of sp³-hybridized carbons (Fsp3) is 0.786. The molecule has 2 atom stereocenters. The molecule has 3 aliphatic heterocycles. The highest BCUT2D eigenvalue weighted by Crippen LogP contribution is 2.26. The van der Waals surface area contributed by atoms with E-state index in [1.807, 2.05) is 17.9 Å². The van der Waals surface area contributed by atoms with Crippen LogP contribution in [0.3, 0.4) is 0 Å². The number of hydrogen-bond donors (Lipinski definition) is 1. The molecule has 1 aromatic heterocycles. The van der Waals surface area contributed by atoms with Crippen molar-refractivity contribution in [3.05, 3.63) is 18.0 Å². The van der Waals surface area contributed by atoms with Gasteiger partial charge in [0.25, 0.3) is 0 Å². The largest absolute Gasteiger partial charge is 0.307 e. The van der Waals surface area contributed by atoms with Crippen LogP contribution < -0.4 is 5.32 Å². The average Bonchev–Trinajstić information content (AvgIpc) is 2.87. The maximum Gasteiger partial charge on any atom is 0.0810 e. The first kappa shape index (κ1) is 13.1. The van der Waals surface area contributed by atoms with Gasteiger partial charge in [0, 0.05) is 52.0 Å². The van der Waals surface area contributed by atoms with Crippen LogP contribution in [0.5, 0.6) is 0 Å². The van der Waals surface area contributed by atoms with Gasteiger partial charge in [0.15, 0.2) is 0 Å². The molecule has 4 rings (SSSR count). The lowest BCUT2D eigenvalue weighted by atomic mass is 9.97. The third kappa shape index (κ3) is 2.68. The first-order chi connectivity index (χ1) is 9.28. The second-order valence-electron chi connectivity index (χ2n) is 5.75. The number of aromatic nitrogens is 2.